The first-order valence-corrected chi connectivity index (χ1v) is 6.12. The van der Waals surface area contributed by atoms with E-state index in [2.05, 4.69) is 12.7 Å². The molecule has 0 heterocycles. The van der Waals surface area contributed by atoms with Gasteiger partial charge in [-0.05, 0) is 47.0 Å². The lowest BCUT2D eigenvalue weighted by Crippen LogP contribution is -2.38. The van der Waals surface area contributed by atoms with Crippen molar-refractivity contribution in [1.82, 2.24) is 0 Å². The van der Waals surface area contributed by atoms with Gasteiger partial charge in [0.1, 0.15) is 0 Å². The number of aliphatic hydroxyl groups excluding tert-OH is 1. The molecule has 2 atom stereocenters. The smallest absolute Gasteiger partial charge is 0.0883 e. The number of aliphatic hydroxyl groups is 2. The summed E-state index contributed by atoms with van der Waals surface area (Å²) in [7, 11) is 0. The van der Waals surface area contributed by atoms with E-state index >= 15 is 0 Å². The molecule has 0 aliphatic heterocycles. The van der Waals surface area contributed by atoms with Crippen LogP contribution < -0.4 is 0 Å². The molecule has 0 radical (unpaired) electrons. The lowest BCUT2D eigenvalue weighted by atomic mass is 9.90. The van der Waals surface area contributed by atoms with Crippen LogP contribution in [0.2, 0.25) is 0 Å². The van der Waals surface area contributed by atoms with E-state index in [9.17, 15) is 10.2 Å². The maximum absolute atomic E-state index is 10.1. The molecule has 0 saturated carbocycles. The third-order valence-corrected chi connectivity index (χ3v) is 2.91. The second kappa shape index (κ2) is 7.46. The van der Waals surface area contributed by atoms with Crippen molar-refractivity contribution < 1.29 is 10.2 Å². The van der Waals surface area contributed by atoms with E-state index in [1.807, 2.05) is 26.8 Å². The maximum Gasteiger partial charge on any atom is 0.0883 e. The van der Waals surface area contributed by atoms with Crippen molar-refractivity contribution in [3.05, 3.63) is 36.0 Å². The average molecular weight is 238 g/mol. The standard InChI is InChI=1S/C15H26O2/c1-6-13(4)9-10-14(16)15(5,17)11-7-8-12(2)3/h6,8-9,14,16-17H,1,7,10-11H2,2-5H3/b13-9+/t14-,15-/m0/s1. The molecular formula is C15H26O2. The van der Waals surface area contributed by atoms with Crippen LogP contribution in [-0.4, -0.2) is 21.9 Å². The lowest BCUT2D eigenvalue weighted by Gasteiger charge is -2.28. The van der Waals surface area contributed by atoms with Crippen LogP contribution in [-0.2, 0) is 0 Å². The molecule has 2 N–H and O–H groups in total. The van der Waals surface area contributed by atoms with Gasteiger partial charge < -0.3 is 10.2 Å². The highest BCUT2D eigenvalue weighted by Crippen LogP contribution is 2.21. The Morgan fingerprint density at radius 2 is 1.88 bits per heavy atom. The van der Waals surface area contributed by atoms with Crippen LogP contribution in [0, 0.1) is 0 Å². The van der Waals surface area contributed by atoms with Gasteiger partial charge in [0, 0.05) is 0 Å². The fourth-order valence-electron chi connectivity index (χ4n) is 1.45. The molecule has 0 aromatic heterocycles. The Labute approximate surface area is 105 Å². The Morgan fingerprint density at radius 1 is 1.29 bits per heavy atom. The van der Waals surface area contributed by atoms with Crippen LogP contribution in [0.4, 0.5) is 0 Å². The van der Waals surface area contributed by atoms with Crippen LogP contribution in [0.3, 0.4) is 0 Å². The molecule has 98 valence electrons. The third-order valence-electron chi connectivity index (χ3n) is 2.91. The Kier molecular flexibility index (Phi) is 7.09. The molecule has 0 aromatic carbocycles. The van der Waals surface area contributed by atoms with Gasteiger partial charge in [0.25, 0.3) is 0 Å². The fourth-order valence-corrected chi connectivity index (χ4v) is 1.45. The van der Waals surface area contributed by atoms with Crippen molar-refractivity contribution in [1.29, 1.82) is 0 Å². The normalized spacial score (nSPS) is 17.2. The second-order valence-electron chi connectivity index (χ2n) is 5.08. The molecule has 0 bridgehead atoms. The van der Waals surface area contributed by atoms with Crippen LogP contribution in [0.25, 0.3) is 0 Å². The van der Waals surface area contributed by atoms with Gasteiger partial charge in [-0.25, -0.2) is 0 Å². The SMILES string of the molecule is C=C/C(C)=C/C[C@H](O)[C@@](C)(O)CCC=C(C)C. The minimum absolute atomic E-state index is 0.458. The van der Waals surface area contributed by atoms with E-state index in [1.54, 1.807) is 13.0 Å². The van der Waals surface area contributed by atoms with Crippen molar-refractivity contribution in [3.8, 4) is 0 Å². The fraction of sp³-hybridized carbons (Fsp3) is 0.600. The van der Waals surface area contributed by atoms with Crippen LogP contribution in [0.5, 0.6) is 0 Å². The Balaban J connectivity index is 4.29. The van der Waals surface area contributed by atoms with Crippen LogP contribution >= 0.6 is 0 Å². The van der Waals surface area contributed by atoms with Gasteiger partial charge in [-0.15, -0.1) is 0 Å². The number of hydrogen-bond acceptors (Lipinski definition) is 2. The minimum atomic E-state index is -1.04. The summed E-state index contributed by atoms with van der Waals surface area (Å²) in [6.45, 7) is 11.3. The second-order valence-corrected chi connectivity index (χ2v) is 5.08. The predicted octanol–water partition coefficient (Wildman–Crippen LogP) is 3.37. The summed E-state index contributed by atoms with van der Waals surface area (Å²) >= 11 is 0. The summed E-state index contributed by atoms with van der Waals surface area (Å²) in [5.74, 6) is 0. The van der Waals surface area contributed by atoms with Crippen LogP contribution in [0.15, 0.2) is 36.0 Å². The van der Waals surface area contributed by atoms with E-state index < -0.39 is 11.7 Å². The van der Waals surface area contributed by atoms with Crippen molar-refractivity contribution >= 4 is 0 Å². The molecule has 0 amide bonds. The number of allylic oxidation sites excluding steroid dienone is 4. The first kappa shape index (κ1) is 16.1. The third kappa shape index (κ3) is 7.14. The first-order chi connectivity index (χ1) is 7.79. The Morgan fingerprint density at radius 3 is 2.35 bits per heavy atom. The lowest BCUT2D eigenvalue weighted by molar-refractivity contribution is -0.0642. The maximum atomic E-state index is 10.1. The molecule has 0 aliphatic carbocycles. The topological polar surface area (TPSA) is 40.5 Å². The molecule has 2 heteroatoms. The molecule has 0 spiro atoms. The molecule has 2 nitrogen and oxygen atoms in total. The van der Waals surface area contributed by atoms with E-state index in [0.717, 1.165) is 12.0 Å². The zero-order chi connectivity index (χ0) is 13.5. The summed E-state index contributed by atoms with van der Waals surface area (Å²) in [6, 6.07) is 0. The van der Waals surface area contributed by atoms with E-state index in [1.165, 1.54) is 5.57 Å². The minimum Gasteiger partial charge on any atom is -0.390 e. The zero-order valence-electron chi connectivity index (χ0n) is 11.5. The van der Waals surface area contributed by atoms with Gasteiger partial charge in [0.05, 0.1) is 11.7 Å². The van der Waals surface area contributed by atoms with Gasteiger partial charge in [0.15, 0.2) is 0 Å². The van der Waals surface area contributed by atoms with Gasteiger partial charge in [-0.2, -0.15) is 0 Å². The van der Waals surface area contributed by atoms with Gasteiger partial charge in [-0.3, -0.25) is 0 Å². The van der Waals surface area contributed by atoms with E-state index in [0.29, 0.717) is 12.8 Å². The van der Waals surface area contributed by atoms with E-state index in [-0.39, 0.29) is 0 Å². The quantitative estimate of drug-likeness (QED) is 0.527. The summed E-state index contributed by atoms with van der Waals surface area (Å²) < 4.78 is 0. The van der Waals surface area contributed by atoms with Crippen molar-refractivity contribution in [3.63, 3.8) is 0 Å². The molecule has 0 saturated heterocycles. The Bertz CT molecular complexity index is 294. The van der Waals surface area contributed by atoms with Gasteiger partial charge in [0.2, 0.25) is 0 Å². The molecule has 0 aromatic rings. The summed E-state index contributed by atoms with van der Waals surface area (Å²) in [6.07, 6.45) is 6.79. The molecule has 0 unspecified atom stereocenters. The predicted molar refractivity (Wildman–Crippen MR) is 73.9 cm³/mol. The largest absolute Gasteiger partial charge is 0.390 e. The zero-order valence-corrected chi connectivity index (χ0v) is 11.5. The molecule has 0 rings (SSSR count). The highest BCUT2D eigenvalue weighted by molar-refractivity contribution is 5.13. The summed E-state index contributed by atoms with van der Waals surface area (Å²) in [4.78, 5) is 0. The van der Waals surface area contributed by atoms with Crippen molar-refractivity contribution in [2.75, 3.05) is 0 Å². The summed E-state index contributed by atoms with van der Waals surface area (Å²) in [5, 5.41) is 20.1. The van der Waals surface area contributed by atoms with Gasteiger partial charge in [-0.1, -0.05) is 36.0 Å². The summed E-state index contributed by atoms with van der Waals surface area (Å²) in [5.41, 5.74) is 1.21. The highest BCUT2D eigenvalue weighted by atomic mass is 16.3. The highest BCUT2D eigenvalue weighted by Gasteiger charge is 2.28. The Hall–Kier alpha value is -0.860. The van der Waals surface area contributed by atoms with Crippen LogP contribution in [0.1, 0.15) is 47.0 Å². The molecular weight excluding hydrogens is 212 g/mol. The van der Waals surface area contributed by atoms with E-state index in [4.69, 9.17) is 0 Å². The average Bonchev–Trinajstić information content (AvgIpc) is 2.24. The molecule has 0 aliphatic rings. The van der Waals surface area contributed by atoms with Gasteiger partial charge >= 0.3 is 0 Å². The first-order valence-electron chi connectivity index (χ1n) is 6.12. The number of rotatable bonds is 7. The van der Waals surface area contributed by atoms with Crippen molar-refractivity contribution in [2.24, 2.45) is 0 Å². The molecule has 17 heavy (non-hydrogen) atoms. The van der Waals surface area contributed by atoms with Crippen molar-refractivity contribution in [2.45, 2.75) is 58.7 Å². The number of hydrogen-bond donors (Lipinski definition) is 2. The monoisotopic (exact) mass is 238 g/mol. The molecule has 0 fully saturated rings.